The van der Waals surface area contributed by atoms with E-state index in [9.17, 15) is 9.18 Å². The number of benzene rings is 1. The third-order valence-corrected chi connectivity index (χ3v) is 3.66. The lowest BCUT2D eigenvalue weighted by atomic mass is 9.95. The minimum atomic E-state index is -1.12. The Bertz CT molecular complexity index is 491. The van der Waals surface area contributed by atoms with Crippen LogP contribution < -0.4 is 5.32 Å². The molecule has 0 radical (unpaired) electrons. The molecule has 5 heteroatoms. The van der Waals surface area contributed by atoms with Crippen molar-refractivity contribution in [3.8, 4) is 0 Å². The van der Waals surface area contributed by atoms with E-state index in [1.54, 1.807) is 0 Å². The number of aromatic carboxylic acids is 1. The van der Waals surface area contributed by atoms with Crippen molar-refractivity contribution >= 4 is 11.7 Å². The zero-order valence-electron chi connectivity index (χ0n) is 9.73. The van der Waals surface area contributed by atoms with Crippen LogP contribution in [0.25, 0.3) is 0 Å². The van der Waals surface area contributed by atoms with Crippen molar-refractivity contribution in [3.05, 3.63) is 29.6 Å². The topological polar surface area (TPSA) is 58.6 Å². The minimum absolute atomic E-state index is 0.0298. The van der Waals surface area contributed by atoms with E-state index in [0.29, 0.717) is 11.8 Å². The average Bonchev–Trinajstić information content (AvgIpc) is 2.93. The van der Waals surface area contributed by atoms with Crippen LogP contribution in [0.15, 0.2) is 18.2 Å². The normalized spacial score (nSPS) is 29.5. The fourth-order valence-electron chi connectivity index (χ4n) is 2.81. The fourth-order valence-corrected chi connectivity index (χ4v) is 2.81. The van der Waals surface area contributed by atoms with E-state index in [1.165, 1.54) is 12.1 Å². The summed E-state index contributed by atoms with van der Waals surface area (Å²) in [5.74, 6) is -1.66. The van der Waals surface area contributed by atoms with Crippen LogP contribution in [0.5, 0.6) is 0 Å². The van der Waals surface area contributed by atoms with E-state index >= 15 is 0 Å². The molecule has 96 valence electrons. The Hall–Kier alpha value is -1.62. The molecule has 2 aliphatic rings. The summed E-state index contributed by atoms with van der Waals surface area (Å²) in [5, 5.41) is 12.2. The Balaban J connectivity index is 1.82. The number of halogens is 1. The van der Waals surface area contributed by atoms with Gasteiger partial charge in [0.2, 0.25) is 0 Å². The molecule has 0 aromatic heterocycles. The van der Waals surface area contributed by atoms with Crippen molar-refractivity contribution in [1.82, 2.24) is 0 Å². The predicted molar refractivity (Wildman–Crippen MR) is 63.3 cm³/mol. The van der Waals surface area contributed by atoms with Gasteiger partial charge in [0.15, 0.2) is 0 Å². The molecule has 0 spiro atoms. The first-order chi connectivity index (χ1) is 8.63. The molecule has 3 unspecified atom stereocenters. The van der Waals surface area contributed by atoms with Crippen LogP contribution in [-0.4, -0.2) is 29.3 Å². The van der Waals surface area contributed by atoms with Gasteiger partial charge in [-0.2, -0.15) is 0 Å². The second kappa shape index (κ2) is 4.24. The molecular weight excluding hydrogens is 237 g/mol. The van der Waals surface area contributed by atoms with Gasteiger partial charge in [-0.15, -0.1) is 0 Å². The van der Waals surface area contributed by atoms with Crippen molar-refractivity contribution in [3.63, 3.8) is 0 Å². The van der Waals surface area contributed by atoms with E-state index in [-0.39, 0.29) is 17.7 Å². The van der Waals surface area contributed by atoms with E-state index < -0.39 is 11.8 Å². The Morgan fingerprint density at radius 3 is 2.89 bits per heavy atom. The number of anilines is 1. The molecule has 2 N–H and O–H groups in total. The number of hydrogen-bond donors (Lipinski definition) is 2. The van der Waals surface area contributed by atoms with Crippen LogP contribution in [0.4, 0.5) is 10.1 Å². The summed E-state index contributed by atoms with van der Waals surface area (Å²) in [5.41, 5.74) is 0.433. The van der Waals surface area contributed by atoms with Gasteiger partial charge in [-0.25, -0.2) is 9.18 Å². The molecule has 3 rings (SSSR count). The lowest BCUT2D eigenvalue weighted by Gasteiger charge is -2.22. The van der Waals surface area contributed by atoms with Crippen molar-refractivity contribution in [2.24, 2.45) is 0 Å². The molecule has 3 atom stereocenters. The zero-order chi connectivity index (χ0) is 12.7. The average molecular weight is 251 g/mol. The molecule has 18 heavy (non-hydrogen) atoms. The summed E-state index contributed by atoms with van der Waals surface area (Å²) >= 11 is 0. The first-order valence-electron chi connectivity index (χ1n) is 6.08. The van der Waals surface area contributed by atoms with E-state index in [2.05, 4.69) is 5.32 Å². The highest BCUT2D eigenvalue weighted by Crippen LogP contribution is 2.36. The second-order valence-electron chi connectivity index (χ2n) is 4.86. The maximum atomic E-state index is 13.1. The predicted octanol–water partition coefficient (Wildman–Crippen LogP) is 2.26. The smallest absolute Gasteiger partial charge is 0.337 e. The quantitative estimate of drug-likeness (QED) is 0.865. The fraction of sp³-hybridized carbons (Fsp3) is 0.462. The molecule has 2 bridgehead atoms. The van der Waals surface area contributed by atoms with Crippen LogP contribution in [-0.2, 0) is 4.74 Å². The Kier molecular flexibility index (Phi) is 2.70. The standard InChI is InChI=1S/C13H14FNO3/c14-7-1-3-10(9(5-7)13(16)17)15-11-6-8-2-4-12(11)18-8/h1,3,5,8,11-12,15H,2,4,6H2,(H,16,17). The summed E-state index contributed by atoms with van der Waals surface area (Å²) in [6.07, 6.45) is 3.42. The zero-order valence-corrected chi connectivity index (χ0v) is 9.73. The maximum absolute atomic E-state index is 13.1. The number of hydrogen-bond acceptors (Lipinski definition) is 3. The van der Waals surface area contributed by atoms with E-state index in [4.69, 9.17) is 9.84 Å². The van der Waals surface area contributed by atoms with Gasteiger partial charge in [0.1, 0.15) is 5.82 Å². The van der Waals surface area contributed by atoms with Gasteiger partial charge in [0, 0.05) is 5.69 Å². The lowest BCUT2D eigenvalue weighted by Crippen LogP contribution is -2.31. The highest BCUT2D eigenvalue weighted by Gasteiger charge is 2.40. The number of ether oxygens (including phenoxy) is 1. The van der Waals surface area contributed by atoms with Crippen LogP contribution in [0.1, 0.15) is 29.6 Å². The Morgan fingerprint density at radius 2 is 2.28 bits per heavy atom. The Morgan fingerprint density at radius 1 is 1.44 bits per heavy atom. The summed E-state index contributed by atoms with van der Waals surface area (Å²) in [6, 6.07) is 3.92. The molecule has 2 saturated heterocycles. The van der Waals surface area contributed by atoms with Crippen LogP contribution in [0.2, 0.25) is 0 Å². The van der Waals surface area contributed by atoms with Gasteiger partial charge in [-0.1, -0.05) is 0 Å². The van der Waals surface area contributed by atoms with E-state index in [0.717, 1.165) is 25.3 Å². The molecular formula is C13H14FNO3. The highest BCUT2D eigenvalue weighted by atomic mass is 19.1. The SMILES string of the molecule is O=C(O)c1cc(F)ccc1NC1CC2CCC1O2. The van der Waals surface area contributed by atoms with Crippen LogP contribution in [0, 0.1) is 5.82 Å². The number of rotatable bonds is 3. The van der Waals surface area contributed by atoms with Gasteiger partial charge in [0.05, 0.1) is 23.8 Å². The first-order valence-corrected chi connectivity index (χ1v) is 6.08. The number of carbonyl (C=O) groups is 1. The summed E-state index contributed by atoms with van der Waals surface area (Å²) < 4.78 is 18.8. The van der Waals surface area contributed by atoms with Gasteiger partial charge in [0.25, 0.3) is 0 Å². The van der Waals surface area contributed by atoms with Crippen molar-refractivity contribution in [2.75, 3.05) is 5.32 Å². The molecule has 1 aromatic rings. The molecule has 2 aliphatic heterocycles. The number of carboxylic acid groups (broad SMARTS) is 1. The first kappa shape index (κ1) is 11.5. The summed E-state index contributed by atoms with van der Waals surface area (Å²) in [4.78, 5) is 11.1. The van der Waals surface area contributed by atoms with Crippen molar-refractivity contribution in [1.29, 1.82) is 0 Å². The molecule has 0 amide bonds. The van der Waals surface area contributed by atoms with Gasteiger partial charge < -0.3 is 15.2 Å². The summed E-state index contributed by atoms with van der Waals surface area (Å²) in [6.45, 7) is 0. The van der Waals surface area contributed by atoms with Crippen molar-refractivity contribution in [2.45, 2.75) is 37.5 Å². The molecule has 0 saturated carbocycles. The largest absolute Gasteiger partial charge is 0.478 e. The lowest BCUT2D eigenvalue weighted by molar-refractivity contribution is 0.0697. The van der Waals surface area contributed by atoms with Crippen LogP contribution in [0.3, 0.4) is 0 Å². The highest BCUT2D eigenvalue weighted by molar-refractivity contribution is 5.94. The molecule has 0 aliphatic carbocycles. The van der Waals surface area contributed by atoms with Gasteiger partial charge in [-0.05, 0) is 37.5 Å². The third-order valence-electron chi connectivity index (χ3n) is 3.66. The Labute approximate surface area is 104 Å². The monoisotopic (exact) mass is 251 g/mol. The second-order valence-corrected chi connectivity index (χ2v) is 4.86. The summed E-state index contributed by atoms with van der Waals surface area (Å²) in [7, 11) is 0. The van der Waals surface area contributed by atoms with Gasteiger partial charge >= 0.3 is 5.97 Å². The number of carboxylic acids is 1. The molecule has 4 nitrogen and oxygen atoms in total. The molecule has 2 fully saturated rings. The molecule has 2 heterocycles. The van der Waals surface area contributed by atoms with Crippen LogP contribution >= 0.6 is 0 Å². The molecule has 1 aromatic carbocycles. The van der Waals surface area contributed by atoms with E-state index in [1.807, 2.05) is 0 Å². The van der Waals surface area contributed by atoms with Gasteiger partial charge in [-0.3, -0.25) is 0 Å². The minimum Gasteiger partial charge on any atom is -0.478 e. The maximum Gasteiger partial charge on any atom is 0.337 e. The number of nitrogens with one attached hydrogen (secondary N) is 1. The number of fused-ring (bicyclic) bond motifs is 2. The third kappa shape index (κ3) is 1.95. The van der Waals surface area contributed by atoms with Crippen molar-refractivity contribution < 1.29 is 19.0 Å².